The Balaban J connectivity index is 1.54. The van der Waals surface area contributed by atoms with Crippen LogP contribution in [0.25, 0.3) is 10.9 Å². The number of nitrogens with zero attached hydrogens (tertiary/aromatic N) is 1. The first kappa shape index (κ1) is 12.9. The van der Waals surface area contributed by atoms with Crippen LogP contribution in [0.4, 0.5) is 0 Å². The van der Waals surface area contributed by atoms with Crippen molar-refractivity contribution in [1.82, 2.24) is 9.88 Å². The summed E-state index contributed by atoms with van der Waals surface area (Å²) >= 11 is 0. The highest BCUT2D eigenvalue weighted by atomic mass is 16.4. The topological polar surface area (TPSA) is 56.3 Å². The first-order chi connectivity index (χ1) is 10.2. The number of carboxylic acids is 1. The van der Waals surface area contributed by atoms with Gasteiger partial charge in [0.1, 0.15) is 6.04 Å². The fraction of sp³-hybridized carbons (Fsp3) is 0.471. The van der Waals surface area contributed by atoms with Crippen molar-refractivity contribution in [3.8, 4) is 0 Å². The molecular formula is C17H20N2O2. The maximum atomic E-state index is 11.7. The highest BCUT2D eigenvalue weighted by Crippen LogP contribution is 2.49. The van der Waals surface area contributed by atoms with Gasteiger partial charge in [-0.25, -0.2) is 0 Å². The van der Waals surface area contributed by atoms with Crippen LogP contribution in [0.3, 0.4) is 0 Å². The van der Waals surface area contributed by atoms with Crippen LogP contribution in [0, 0.1) is 5.41 Å². The van der Waals surface area contributed by atoms with Gasteiger partial charge in [0.15, 0.2) is 0 Å². The van der Waals surface area contributed by atoms with Gasteiger partial charge in [0, 0.05) is 36.6 Å². The van der Waals surface area contributed by atoms with Crippen molar-refractivity contribution in [1.29, 1.82) is 0 Å². The number of H-pyrrole nitrogens is 1. The number of carboxylic acid groups (broad SMARTS) is 1. The van der Waals surface area contributed by atoms with Crippen molar-refractivity contribution >= 4 is 16.9 Å². The van der Waals surface area contributed by atoms with Gasteiger partial charge in [0.05, 0.1) is 0 Å². The van der Waals surface area contributed by atoms with E-state index < -0.39 is 12.0 Å². The summed E-state index contributed by atoms with van der Waals surface area (Å²) in [7, 11) is 0. The number of likely N-dealkylation sites (tertiary alicyclic amines) is 1. The van der Waals surface area contributed by atoms with Crippen LogP contribution in [0.2, 0.25) is 0 Å². The zero-order chi connectivity index (χ0) is 14.4. The normalized spacial score (nSPS) is 21.9. The Hall–Kier alpha value is -1.81. The second-order valence-corrected chi connectivity index (χ2v) is 6.68. The Morgan fingerprint density at radius 3 is 2.76 bits per heavy atom. The number of rotatable bonds is 4. The third-order valence-corrected chi connectivity index (χ3v) is 5.31. The molecule has 1 aliphatic heterocycles. The van der Waals surface area contributed by atoms with Crippen LogP contribution in [0.15, 0.2) is 30.5 Å². The van der Waals surface area contributed by atoms with Gasteiger partial charge >= 0.3 is 5.97 Å². The van der Waals surface area contributed by atoms with Crippen molar-refractivity contribution in [2.75, 3.05) is 13.1 Å². The number of carbonyl (C=O) groups is 1. The Morgan fingerprint density at radius 1 is 1.33 bits per heavy atom. The fourth-order valence-corrected chi connectivity index (χ4v) is 3.91. The average Bonchev–Trinajstić information content (AvgIpc) is 2.77. The number of aromatic amines is 1. The quantitative estimate of drug-likeness (QED) is 0.907. The summed E-state index contributed by atoms with van der Waals surface area (Å²) in [5.41, 5.74) is 2.65. The molecule has 21 heavy (non-hydrogen) atoms. The largest absolute Gasteiger partial charge is 0.480 e. The second kappa shape index (κ2) is 4.60. The zero-order valence-corrected chi connectivity index (χ0v) is 12.0. The van der Waals surface area contributed by atoms with E-state index in [1.54, 1.807) is 0 Å². The molecule has 1 saturated heterocycles. The minimum Gasteiger partial charge on any atom is -0.480 e. The summed E-state index contributed by atoms with van der Waals surface area (Å²) in [4.78, 5) is 17.0. The summed E-state index contributed by atoms with van der Waals surface area (Å²) in [6, 6.07) is 7.69. The molecule has 1 atom stereocenters. The second-order valence-electron chi connectivity index (χ2n) is 6.68. The predicted octanol–water partition coefficient (Wildman–Crippen LogP) is 2.65. The molecule has 4 heteroatoms. The monoisotopic (exact) mass is 284 g/mol. The van der Waals surface area contributed by atoms with Crippen molar-refractivity contribution in [3.63, 3.8) is 0 Å². The van der Waals surface area contributed by atoms with Crippen LogP contribution in [-0.4, -0.2) is 40.1 Å². The zero-order valence-electron chi connectivity index (χ0n) is 12.0. The molecule has 1 aromatic carbocycles. The van der Waals surface area contributed by atoms with Crippen molar-refractivity contribution < 1.29 is 9.90 Å². The molecule has 110 valence electrons. The molecule has 2 aromatic rings. The minimum atomic E-state index is -0.700. The Morgan fingerprint density at radius 2 is 2.10 bits per heavy atom. The Bertz CT molecular complexity index is 679. The highest BCUT2D eigenvalue weighted by Gasteiger charge is 2.50. The van der Waals surface area contributed by atoms with Gasteiger partial charge in [-0.1, -0.05) is 24.6 Å². The first-order valence-corrected chi connectivity index (χ1v) is 7.69. The van der Waals surface area contributed by atoms with Crippen molar-refractivity contribution in [2.45, 2.75) is 31.7 Å². The molecule has 4 nitrogen and oxygen atoms in total. The molecule has 1 saturated carbocycles. The molecule has 0 amide bonds. The fourth-order valence-electron chi connectivity index (χ4n) is 3.91. The van der Waals surface area contributed by atoms with E-state index in [9.17, 15) is 9.90 Å². The summed E-state index contributed by atoms with van der Waals surface area (Å²) in [5, 5.41) is 10.7. The van der Waals surface area contributed by atoms with Crippen molar-refractivity contribution in [3.05, 3.63) is 36.0 Å². The van der Waals surface area contributed by atoms with E-state index in [2.05, 4.69) is 16.0 Å². The number of benzene rings is 1. The number of nitrogens with one attached hydrogen (secondary N) is 1. The average molecular weight is 284 g/mol. The van der Waals surface area contributed by atoms with E-state index in [0.29, 0.717) is 11.8 Å². The Kier molecular flexibility index (Phi) is 2.82. The molecule has 4 rings (SSSR count). The maximum absolute atomic E-state index is 11.7. The molecule has 0 bridgehead atoms. The molecule has 0 radical (unpaired) electrons. The molecule has 1 aromatic heterocycles. The van der Waals surface area contributed by atoms with E-state index in [0.717, 1.165) is 29.6 Å². The number of hydrogen-bond acceptors (Lipinski definition) is 2. The summed E-state index contributed by atoms with van der Waals surface area (Å²) in [5.74, 6) is -0.700. The van der Waals surface area contributed by atoms with Gasteiger partial charge in [-0.3, -0.25) is 9.69 Å². The Labute approximate surface area is 123 Å². The third-order valence-electron chi connectivity index (χ3n) is 5.31. The molecule has 2 fully saturated rings. The SMILES string of the molecule is O=C(O)C(Cc1c[nH]c2ccccc12)N1CC2(CCC2)C1. The number of hydrogen-bond donors (Lipinski definition) is 2. The lowest BCUT2D eigenvalue weighted by atomic mass is 9.63. The van der Waals surface area contributed by atoms with Gasteiger partial charge in [-0.15, -0.1) is 0 Å². The van der Waals surface area contributed by atoms with Crippen molar-refractivity contribution in [2.24, 2.45) is 5.41 Å². The first-order valence-electron chi connectivity index (χ1n) is 7.69. The predicted molar refractivity (Wildman–Crippen MR) is 81.3 cm³/mol. The van der Waals surface area contributed by atoms with E-state index in [1.165, 1.54) is 19.3 Å². The molecule has 2 aliphatic rings. The molecular weight excluding hydrogens is 264 g/mol. The minimum absolute atomic E-state index is 0.393. The van der Waals surface area contributed by atoms with Crippen LogP contribution < -0.4 is 0 Å². The molecule has 1 aliphatic carbocycles. The number of aliphatic carboxylic acids is 1. The van der Waals surface area contributed by atoms with Gasteiger partial charge in [0.25, 0.3) is 0 Å². The molecule has 1 spiro atoms. The highest BCUT2D eigenvalue weighted by molar-refractivity contribution is 5.84. The molecule has 2 heterocycles. The summed E-state index contributed by atoms with van der Waals surface area (Å²) < 4.78 is 0. The molecule has 1 unspecified atom stereocenters. The van der Waals surface area contributed by atoms with Crippen LogP contribution in [0.5, 0.6) is 0 Å². The van der Waals surface area contributed by atoms with Gasteiger partial charge in [0.2, 0.25) is 0 Å². The number of fused-ring (bicyclic) bond motifs is 1. The summed E-state index contributed by atoms with van der Waals surface area (Å²) in [6.07, 6.45) is 6.41. The molecule has 2 N–H and O–H groups in total. The van der Waals surface area contributed by atoms with Crippen LogP contribution in [-0.2, 0) is 11.2 Å². The van der Waals surface area contributed by atoms with Gasteiger partial charge < -0.3 is 10.1 Å². The lowest BCUT2D eigenvalue weighted by molar-refractivity contribution is -0.153. The lowest BCUT2D eigenvalue weighted by Gasteiger charge is -2.57. The van der Waals surface area contributed by atoms with E-state index in [4.69, 9.17) is 0 Å². The number of aromatic nitrogens is 1. The third kappa shape index (κ3) is 2.05. The van der Waals surface area contributed by atoms with E-state index in [1.807, 2.05) is 24.4 Å². The van der Waals surface area contributed by atoms with E-state index >= 15 is 0 Å². The van der Waals surface area contributed by atoms with Crippen LogP contribution in [0.1, 0.15) is 24.8 Å². The summed E-state index contributed by atoms with van der Waals surface area (Å²) in [6.45, 7) is 1.93. The standard InChI is InChI=1S/C17H20N2O2/c20-16(21)15(19-10-17(11-19)6-3-7-17)8-12-9-18-14-5-2-1-4-13(12)14/h1-2,4-5,9,15,18H,3,6-8,10-11H2,(H,20,21). The lowest BCUT2D eigenvalue weighted by Crippen LogP contribution is -2.64. The number of para-hydroxylation sites is 1. The smallest absolute Gasteiger partial charge is 0.321 e. The van der Waals surface area contributed by atoms with E-state index in [-0.39, 0.29) is 0 Å². The van der Waals surface area contributed by atoms with Crippen LogP contribution >= 0.6 is 0 Å². The van der Waals surface area contributed by atoms with Gasteiger partial charge in [-0.2, -0.15) is 0 Å². The van der Waals surface area contributed by atoms with Gasteiger partial charge in [-0.05, 0) is 29.9 Å². The maximum Gasteiger partial charge on any atom is 0.321 e.